The van der Waals surface area contributed by atoms with E-state index < -0.39 is 0 Å². The highest BCUT2D eigenvalue weighted by atomic mass is 35.5. The number of hydrogen-bond donors (Lipinski definition) is 0. The molecule has 2 unspecified atom stereocenters. The summed E-state index contributed by atoms with van der Waals surface area (Å²) in [6.45, 7) is 3.36. The third-order valence-corrected chi connectivity index (χ3v) is 4.96. The number of fused-ring (bicyclic) bond motifs is 1. The molecule has 1 aliphatic heterocycles. The van der Waals surface area contributed by atoms with Crippen molar-refractivity contribution < 1.29 is 0 Å². The zero-order valence-corrected chi connectivity index (χ0v) is 11.3. The van der Waals surface area contributed by atoms with E-state index in [2.05, 4.69) is 30.0 Å². The maximum atomic E-state index is 6.08. The lowest BCUT2D eigenvalue weighted by atomic mass is 10.1. The molecule has 1 aromatic carbocycles. The van der Waals surface area contributed by atoms with Crippen molar-refractivity contribution in [3.63, 3.8) is 0 Å². The van der Waals surface area contributed by atoms with Crippen LogP contribution in [-0.2, 0) is 0 Å². The van der Waals surface area contributed by atoms with E-state index in [4.69, 9.17) is 16.6 Å². The van der Waals surface area contributed by atoms with Gasteiger partial charge in [0.15, 0.2) is 5.13 Å². The predicted octanol–water partition coefficient (Wildman–Crippen LogP) is 3.75. The Labute approximate surface area is 110 Å². The van der Waals surface area contributed by atoms with Gasteiger partial charge in [0.05, 0.1) is 10.2 Å². The summed E-state index contributed by atoms with van der Waals surface area (Å²) in [6.07, 6.45) is 1.22. The summed E-state index contributed by atoms with van der Waals surface area (Å²) in [5.74, 6) is 1.36. The van der Waals surface area contributed by atoms with Gasteiger partial charge >= 0.3 is 0 Å². The number of alkyl halides is 1. The van der Waals surface area contributed by atoms with Gasteiger partial charge in [-0.25, -0.2) is 4.98 Å². The third kappa shape index (κ3) is 1.91. The molecule has 2 nitrogen and oxygen atoms in total. The number of nitrogens with zero attached hydrogens (tertiary/aromatic N) is 2. The van der Waals surface area contributed by atoms with Gasteiger partial charge in [0, 0.05) is 18.5 Å². The Hall–Kier alpha value is -0.800. The molecule has 17 heavy (non-hydrogen) atoms. The molecule has 1 aliphatic rings. The van der Waals surface area contributed by atoms with Crippen molar-refractivity contribution in [2.45, 2.75) is 19.4 Å². The van der Waals surface area contributed by atoms with Crippen LogP contribution < -0.4 is 4.90 Å². The van der Waals surface area contributed by atoms with Crippen LogP contribution in [0, 0.1) is 5.92 Å². The van der Waals surface area contributed by atoms with Gasteiger partial charge in [0.1, 0.15) is 0 Å². The van der Waals surface area contributed by atoms with Crippen LogP contribution in [0.4, 0.5) is 5.13 Å². The quantitative estimate of drug-likeness (QED) is 0.770. The van der Waals surface area contributed by atoms with Gasteiger partial charge in [-0.15, -0.1) is 11.6 Å². The van der Waals surface area contributed by atoms with Crippen LogP contribution in [0.25, 0.3) is 10.2 Å². The van der Waals surface area contributed by atoms with E-state index in [0.29, 0.717) is 17.8 Å². The van der Waals surface area contributed by atoms with Crippen LogP contribution in [0.1, 0.15) is 13.3 Å². The fourth-order valence-corrected chi connectivity index (χ4v) is 3.98. The zero-order chi connectivity index (χ0) is 11.8. The second kappa shape index (κ2) is 4.46. The molecule has 1 aromatic heterocycles. The lowest BCUT2D eigenvalue weighted by molar-refractivity contribution is 0.550. The molecule has 0 N–H and O–H groups in total. The highest BCUT2D eigenvalue weighted by molar-refractivity contribution is 7.22. The van der Waals surface area contributed by atoms with Crippen LogP contribution in [0.5, 0.6) is 0 Å². The molecule has 0 aliphatic carbocycles. The first-order valence-corrected chi connectivity index (χ1v) is 7.33. The van der Waals surface area contributed by atoms with Crippen LogP contribution in [0.3, 0.4) is 0 Å². The fourth-order valence-electron chi connectivity index (χ4n) is 2.46. The Kier molecular flexibility index (Phi) is 2.97. The van der Waals surface area contributed by atoms with Gasteiger partial charge in [0.25, 0.3) is 0 Å². The molecule has 0 amide bonds. The van der Waals surface area contributed by atoms with Gasteiger partial charge in [0.2, 0.25) is 0 Å². The monoisotopic (exact) mass is 266 g/mol. The smallest absolute Gasteiger partial charge is 0.186 e. The summed E-state index contributed by atoms with van der Waals surface area (Å²) in [7, 11) is 0. The van der Waals surface area contributed by atoms with Gasteiger partial charge in [-0.05, 0) is 24.5 Å². The molecule has 90 valence electrons. The fraction of sp³-hybridized carbons (Fsp3) is 0.462. The van der Waals surface area contributed by atoms with Crippen LogP contribution >= 0.6 is 22.9 Å². The first-order chi connectivity index (χ1) is 8.29. The lowest BCUT2D eigenvalue weighted by Crippen LogP contribution is -2.33. The third-order valence-electron chi connectivity index (χ3n) is 3.57. The summed E-state index contributed by atoms with van der Waals surface area (Å²) in [4.78, 5) is 7.09. The molecule has 4 heteroatoms. The Bertz CT molecular complexity index is 492. The maximum absolute atomic E-state index is 6.08. The molecule has 2 heterocycles. The minimum Gasteiger partial charge on any atom is -0.344 e. The number of thiazole rings is 1. The Morgan fingerprint density at radius 3 is 3.06 bits per heavy atom. The van der Waals surface area contributed by atoms with E-state index in [9.17, 15) is 0 Å². The topological polar surface area (TPSA) is 16.1 Å². The van der Waals surface area contributed by atoms with E-state index in [1.165, 1.54) is 11.1 Å². The lowest BCUT2D eigenvalue weighted by Gasteiger charge is -2.24. The first kappa shape index (κ1) is 11.3. The van der Waals surface area contributed by atoms with Gasteiger partial charge in [-0.3, -0.25) is 0 Å². The number of anilines is 1. The van der Waals surface area contributed by atoms with Crippen LogP contribution in [-0.4, -0.2) is 23.5 Å². The summed E-state index contributed by atoms with van der Waals surface area (Å²) >= 11 is 7.85. The van der Waals surface area contributed by atoms with E-state index in [1.807, 2.05) is 6.07 Å². The van der Waals surface area contributed by atoms with E-state index >= 15 is 0 Å². The number of para-hydroxylation sites is 1. The standard InChI is InChI=1S/C13H15ClN2S/c1-9-6-7-16(11(9)8-14)13-15-10-4-2-3-5-12(10)17-13/h2-5,9,11H,6-8H2,1H3. The highest BCUT2D eigenvalue weighted by Gasteiger charge is 2.32. The Morgan fingerprint density at radius 2 is 2.29 bits per heavy atom. The summed E-state index contributed by atoms with van der Waals surface area (Å²) in [6, 6.07) is 8.75. The SMILES string of the molecule is CC1CCN(c2nc3ccccc3s2)C1CCl. The second-order valence-corrected chi connectivity index (χ2v) is 5.96. The van der Waals surface area contributed by atoms with E-state index in [-0.39, 0.29) is 0 Å². The average molecular weight is 267 g/mol. The van der Waals surface area contributed by atoms with Gasteiger partial charge < -0.3 is 4.90 Å². The van der Waals surface area contributed by atoms with E-state index in [0.717, 1.165) is 17.2 Å². The molecule has 3 rings (SSSR count). The van der Waals surface area contributed by atoms with Crippen molar-refractivity contribution in [2.24, 2.45) is 5.92 Å². The van der Waals surface area contributed by atoms with Crippen molar-refractivity contribution in [2.75, 3.05) is 17.3 Å². The number of aromatic nitrogens is 1. The van der Waals surface area contributed by atoms with Gasteiger partial charge in [-0.2, -0.15) is 0 Å². The van der Waals surface area contributed by atoms with Crippen molar-refractivity contribution in [3.8, 4) is 0 Å². The second-order valence-electron chi connectivity index (χ2n) is 4.65. The molecule has 1 saturated heterocycles. The van der Waals surface area contributed by atoms with Crippen molar-refractivity contribution in [1.29, 1.82) is 0 Å². The van der Waals surface area contributed by atoms with Crippen LogP contribution in [0.2, 0.25) is 0 Å². The van der Waals surface area contributed by atoms with E-state index in [1.54, 1.807) is 11.3 Å². The molecule has 2 aromatic rings. The molecule has 2 atom stereocenters. The zero-order valence-electron chi connectivity index (χ0n) is 9.77. The normalized spacial score (nSPS) is 24.7. The van der Waals surface area contributed by atoms with Gasteiger partial charge in [-0.1, -0.05) is 30.4 Å². The molecule has 1 fully saturated rings. The predicted molar refractivity (Wildman–Crippen MR) is 75.3 cm³/mol. The summed E-state index contributed by atoms with van der Waals surface area (Å²) in [5.41, 5.74) is 1.10. The molecular weight excluding hydrogens is 252 g/mol. The van der Waals surface area contributed by atoms with Crippen molar-refractivity contribution >= 4 is 38.3 Å². The molecule has 0 saturated carbocycles. The highest BCUT2D eigenvalue weighted by Crippen LogP contribution is 2.35. The number of benzene rings is 1. The molecule has 0 radical (unpaired) electrons. The Morgan fingerprint density at radius 1 is 1.47 bits per heavy atom. The number of halogens is 1. The van der Waals surface area contributed by atoms with Crippen molar-refractivity contribution in [1.82, 2.24) is 4.98 Å². The molecule has 0 spiro atoms. The average Bonchev–Trinajstić information content (AvgIpc) is 2.91. The largest absolute Gasteiger partial charge is 0.344 e. The number of hydrogen-bond acceptors (Lipinski definition) is 3. The minimum atomic E-state index is 0.442. The maximum Gasteiger partial charge on any atom is 0.186 e. The summed E-state index contributed by atoms with van der Waals surface area (Å²) < 4.78 is 1.26. The van der Waals surface area contributed by atoms with Crippen LogP contribution in [0.15, 0.2) is 24.3 Å². The molecular formula is C13H15ClN2S. The Balaban J connectivity index is 1.98. The minimum absolute atomic E-state index is 0.442. The first-order valence-electron chi connectivity index (χ1n) is 5.98. The molecule has 0 bridgehead atoms. The number of rotatable bonds is 2. The van der Waals surface area contributed by atoms with Crippen molar-refractivity contribution in [3.05, 3.63) is 24.3 Å². The summed E-state index contributed by atoms with van der Waals surface area (Å²) in [5, 5.41) is 1.13.